The van der Waals surface area contributed by atoms with E-state index in [4.69, 9.17) is 0 Å². The number of hydrogen-bond donors (Lipinski definition) is 0. The molecule has 3 heterocycles. The van der Waals surface area contributed by atoms with Crippen molar-refractivity contribution in [2.45, 2.75) is 18.0 Å². The number of aromatic nitrogens is 4. The molecule has 4 nitrogen and oxygen atoms in total. The van der Waals surface area contributed by atoms with E-state index in [1.807, 2.05) is 19.1 Å². The van der Waals surface area contributed by atoms with E-state index >= 15 is 0 Å². The lowest BCUT2D eigenvalue weighted by Gasteiger charge is -2.08. The fraction of sp³-hybridized carbons (Fsp3) is 0.267. The second-order valence-electron chi connectivity index (χ2n) is 4.96. The van der Waals surface area contributed by atoms with Gasteiger partial charge in [0, 0.05) is 11.9 Å². The topological polar surface area (TPSA) is 43.6 Å². The van der Waals surface area contributed by atoms with Gasteiger partial charge in [-0.2, -0.15) is 13.2 Å². The van der Waals surface area contributed by atoms with Crippen molar-refractivity contribution < 1.29 is 13.2 Å². The summed E-state index contributed by atoms with van der Waals surface area (Å²) in [7, 11) is 1.74. The molecule has 0 amide bonds. The van der Waals surface area contributed by atoms with Crippen molar-refractivity contribution in [2.24, 2.45) is 7.05 Å². The number of thioether (sulfide) groups is 1. The molecule has 0 spiro atoms. The highest BCUT2D eigenvalue weighted by molar-refractivity contribution is 9.10. The van der Waals surface area contributed by atoms with Crippen LogP contribution in [0.15, 0.2) is 33.9 Å². The molecule has 0 saturated carbocycles. The first kappa shape index (κ1) is 17.2. The zero-order chi connectivity index (χ0) is 17.5. The standard InChI is InChI=1S/C15H12BrF3N4S/c1-3-24-10-4-5-12(16)22-13(10)14-21-8-6-11(15(17,18)19)20-7-9(8)23(14)2/h4-7H,3H2,1-2H3. The predicted octanol–water partition coefficient (Wildman–Crippen LogP) is 4.92. The van der Waals surface area contributed by atoms with Crippen LogP contribution in [0.3, 0.4) is 0 Å². The summed E-state index contributed by atoms with van der Waals surface area (Å²) >= 11 is 4.93. The number of aryl methyl sites for hydroxylation is 1. The molecule has 126 valence electrons. The maximum Gasteiger partial charge on any atom is 0.433 e. The van der Waals surface area contributed by atoms with Gasteiger partial charge < -0.3 is 4.57 Å². The van der Waals surface area contributed by atoms with Gasteiger partial charge in [0.15, 0.2) is 5.82 Å². The number of halogens is 4. The van der Waals surface area contributed by atoms with Crippen LogP contribution in [0.25, 0.3) is 22.6 Å². The second-order valence-corrected chi connectivity index (χ2v) is 7.08. The van der Waals surface area contributed by atoms with Gasteiger partial charge in [-0.05, 0) is 39.9 Å². The maximum absolute atomic E-state index is 12.8. The molecular formula is C15H12BrF3N4S. The van der Waals surface area contributed by atoms with Crippen LogP contribution in [0.1, 0.15) is 12.6 Å². The van der Waals surface area contributed by atoms with E-state index in [-0.39, 0.29) is 5.52 Å². The summed E-state index contributed by atoms with van der Waals surface area (Å²) in [5.74, 6) is 1.35. The Kier molecular flexibility index (Phi) is 4.56. The number of rotatable bonds is 3. The number of fused-ring (bicyclic) bond motifs is 1. The van der Waals surface area contributed by atoms with E-state index in [0.29, 0.717) is 21.6 Å². The fourth-order valence-corrected chi connectivity index (χ4v) is 3.37. The van der Waals surface area contributed by atoms with E-state index in [1.165, 1.54) is 6.20 Å². The number of pyridine rings is 2. The Hall–Kier alpha value is -1.61. The van der Waals surface area contributed by atoms with Crippen LogP contribution in [0.5, 0.6) is 0 Å². The van der Waals surface area contributed by atoms with Crippen molar-refractivity contribution in [3.63, 3.8) is 0 Å². The van der Waals surface area contributed by atoms with E-state index in [9.17, 15) is 13.2 Å². The largest absolute Gasteiger partial charge is 0.433 e. The summed E-state index contributed by atoms with van der Waals surface area (Å²) in [6, 6.07) is 4.70. The maximum atomic E-state index is 12.8. The highest BCUT2D eigenvalue weighted by atomic mass is 79.9. The lowest BCUT2D eigenvalue weighted by atomic mass is 10.3. The lowest BCUT2D eigenvalue weighted by Crippen LogP contribution is -2.07. The van der Waals surface area contributed by atoms with E-state index in [1.54, 1.807) is 23.4 Å². The fourth-order valence-electron chi connectivity index (χ4n) is 2.31. The Morgan fingerprint density at radius 3 is 2.67 bits per heavy atom. The van der Waals surface area contributed by atoms with Crippen LogP contribution >= 0.6 is 27.7 Å². The van der Waals surface area contributed by atoms with Gasteiger partial charge in [0.05, 0.1) is 17.2 Å². The third-order valence-electron chi connectivity index (χ3n) is 3.39. The monoisotopic (exact) mass is 416 g/mol. The van der Waals surface area contributed by atoms with Crippen molar-refractivity contribution >= 4 is 38.7 Å². The summed E-state index contributed by atoms with van der Waals surface area (Å²) in [6.45, 7) is 2.02. The molecule has 0 bridgehead atoms. The molecule has 0 aliphatic heterocycles. The summed E-state index contributed by atoms with van der Waals surface area (Å²) in [5, 5.41) is 0. The molecule has 0 N–H and O–H groups in total. The van der Waals surface area contributed by atoms with Gasteiger partial charge in [-0.3, -0.25) is 0 Å². The first-order valence-corrected chi connectivity index (χ1v) is 8.78. The zero-order valence-electron chi connectivity index (χ0n) is 12.7. The van der Waals surface area contributed by atoms with Crippen LogP contribution in [0.2, 0.25) is 0 Å². The van der Waals surface area contributed by atoms with Crippen LogP contribution in [-0.2, 0) is 13.2 Å². The molecule has 0 aliphatic carbocycles. The highest BCUT2D eigenvalue weighted by Gasteiger charge is 2.33. The van der Waals surface area contributed by atoms with Gasteiger partial charge in [0.25, 0.3) is 0 Å². The van der Waals surface area contributed by atoms with Crippen LogP contribution in [0, 0.1) is 0 Å². The minimum Gasteiger partial charge on any atom is -0.325 e. The summed E-state index contributed by atoms with van der Waals surface area (Å²) in [4.78, 5) is 13.2. The molecule has 24 heavy (non-hydrogen) atoms. The van der Waals surface area contributed by atoms with Gasteiger partial charge in [-0.15, -0.1) is 11.8 Å². The first-order chi connectivity index (χ1) is 11.3. The quantitative estimate of drug-likeness (QED) is 0.448. The van der Waals surface area contributed by atoms with E-state index in [0.717, 1.165) is 16.7 Å². The average Bonchev–Trinajstić information content (AvgIpc) is 2.85. The highest BCUT2D eigenvalue weighted by Crippen LogP contribution is 2.34. The van der Waals surface area contributed by atoms with E-state index in [2.05, 4.69) is 30.9 Å². The van der Waals surface area contributed by atoms with Gasteiger partial charge in [0.1, 0.15) is 16.0 Å². The molecule has 9 heteroatoms. The Bertz CT molecular complexity index is 908. The lowest BCUT2D eigenvalue weighted by molar-refractivity contribution is -0.141. The van der Waals surface area contributed by atoms with Gasteiger partial charge in [-0.25, -0.2) is 15.0 Å². The normalized spacial score (nSPS) is 12.1. The third-order valence-corrected chi connectivity index (χ3v) is 4.76. The Morgan fingerprint density at radius 1 is 1.25 bits per heavy atom. The summed E-state index contributed by atoms with van der Waals surface area (Å²) in [5.41, 5.74) is 0.435. The molecule has 3 rings (SSSR count). The summed E-state index contributed by atoms with van der Waals surface area (Å²) < 4.78 is 40.9. The number of hydrogen-bond acceptors (Lipinski definition) is 4. The SMILES string of the molecule is CCSc1ccc(Br)nc1-c1nc2cc(C(F)(F)F)ncc2n1C. The molecule has 0 unspecified atom stereocenters. The Balaban J connectivity index is 2.21. The molecule has 0 aliphatic rings. The first-order valence-electron chi connectivity index (χ1n) is 7.00. The smallest absolute Gasteiger partial charge is 0.325 e. The molecule has 3 aromatic rings. The van der Waals surface area contributed by atoms with Crippen molar-refractivity contribution in [3.05, 3.63) is 34.7 Å². The number of alkyl halides is 3. The molecular weight excluding hydrogens is 405 g/mol. The van der Waals surface area contributed by atoms with Crippen LogP contribution < -0.4 is 0 Å². The van der Waals surface area contributed by atoms with Gasteiger partial charge in [0.2, 0.25) is 0 Å². The van der Waals surface area contributed by atoms with Crippen LogP contribution in [0.4, 0.5) is 13.2 Å². The third kappa shape index (κ3) is 3.14. The van der Waals surface area contributed by atoms with Gasteiger partial charge in [-0.1, -0.05) is 6.92 Å². The van der Waals surface area contributed by atoms with Crippen LogP contribution in [-0.4, -0.2) is 25.3 Å². The Morgan fingerprint density at radius 2 is 2.00 bits per heavy atom. The van der Waals surface area contributed by atoms with Gasteiger partial charge >= 0.3 is 6.18 Å². The minimum absolute atomic E-state index is 0.240. The number of imidazole rings is 1. The molecule has 0 atom stereocenters. The molecule has 0 saturated heterocycles. The van der Waals surface area contributed by atoms with E-state index < -0.39 is 11.9 Å². The van der Waals surface area contributed by atoms with Crippen molar-refractivity contribution in [1.82, 2.24) is 19.5 Å². The molecule has 0 fully saturated rings. The zero-order valence-corrected chi connectivity index (χ0v) is 15.1. The second kappa shape index (κ2) is 6.36. The average molecular weight is 417 g/mol. The van der Waals surface area contributed by atoms with Crippen molar-refractivity contribution in [2.75, 3.05) is 5.75 Å². The summed E-state index contributed by atoms with van der Waals surface area (Å²) in [6.07, 6.45) is -3.30. The molecule has 3 aromatic heterocycles. The molecule has 0 aromatic carbocycles. The van der Waals surface area contributed by atoms with Crippen molar-refractivity contribution in [1.29, 1.82) is 0 Å². The Labute approximate surface area is 148 Å². The number of nitrogens with zero attached hydrogens (tertiary/aromatic N) is 4. The predicted molar refractivity (Wildman–Crippen MR) is 90.8 cm³/mol. The minimum atomic E-state index is -4.50. The molecule has 0 radical (unpaired) electrons. The van der Waals surface area contributed by atoms with Crippen molar-refractivity contribution in [3.8, 4) is 11.5 Å².